The van der Waals surface area contributed by atoms with Gasteiger partial charge in [-0.25, -0.2) is 0 Å². The minimum absolute atomic E-state index is 0.558. The largest absolute Gasteiger partial charge is 0.399 e. The smallest absolute Gasteiger partial charge is 0.0498 e. The lowest BCUT2D eigenvalue weighted by Gasteiger charge is -2.16. The Morgan fingerprint density at radius 1 is 1.29 bits per heavy atom. The van der Waals surface area contributed by atoms with Crippen molar-refractivity contribution in [3.63, 3.8) is 0 Å². The Balaban J connectivity index is 3.55. The lowest BCUT2D eigenvalue weighted by Crippen LogP contribution is -2.08. The molecule has 76 valence electrons. The molecule has 0 atom stereocenters. The summed E-state index contributed by atoms with van der Waals surface area (Å²) in [5.41, 5.74) is 11.3. The zero-order valence-corrected chi connectivity index (χ0v) is 9.23. The van der Waals surface area contributed by atoms with Crippen LogP contribution in [0, 0.1) is 20.8 Å². The van der Waals surface area contributed by atoms with Gasteiger partial charge < -0.3 is 11.1 Å². The van der Waals surface area contributed by atoms with E-state index in [1.54, 1.807) is 0 Å². The van der Waals surface area contributed by atoms with E-state index in [0.29, 0.717) is 5.70 Å². The molecule has 0 saturated carbocycles. The Bertz CT molecular complexity index is 381. The molecule has 0 amide bonds. The first kappa shape index (κ1) is 10.6. The van der Waals surface area contributed by atoms with E-state index in [1.807, 2.05) is 27.8 Å². The van der Waals surface area contributed by atoms with Crippen molar-refractivity contribution in [1.82, 2.24) is 4.98 Å². The molecule has 0 aliphatic rings. The second kappa shape index (κ2) is 3.70. The van der Waals surface area contributed by atoms with Gasteiger partial charge in [-0.3, -0.25) is 4.98 Å². The second-order valence-electron chi connectivity index (χ2n) is 3.43. The standard InChI is InChI=1S/C11H17N3/c1-6-8(3)14-9(4)10(7(2)12)11(6)13-5/h2,12H2,1,3-5H3,(H,13,14). The molecule has 0 bridgehead atoms. The van der Waals surface area contributed by atoms with Crippen molar-refractivity contribution in [2.45, 2.75) is 20.8 Å². The van der Waals surface area contributed by atoms with Crippen molar-refractivity contribution >= 4 is 11.4 Å². The molecule has 0 aliphatic carbocycles. The van der Waals surface area contributed by atoms with Crippen LogP contribution in [0.4, 0.5) is 5.69 Å². The van der Waals surface area contributed by atoms with Crippen LogP contribution >= 0.6 is 0 Å². The molecule has 1 heterocycles. The van der Waals surface area contributed by atoms with Crippen LogP contribution in [-0.4, -0.2) is 12.0 Å². The Labute approximate surface area is 85.0 Å². The Hall–Kier alpha value is -1.51. The SMILES string of the molecule is C=C(N)c1c(C)nc(C)c(C)c1NC. The van der Waals surface area contributed by atoms with Crippen LogP contribution in [-0.2, 0) is 0 Å². The van der Waals surface area contributed by atoms with Crippen LogP contribution in [0.15, 0.2) is 6.58 Å². The van der Waals surface area contributed by atoms with Crippen LogP contribution < -0.4 is 11.1 Å². The first-order chi connectivity index (χ1) is 6.49. The third-order valence-electron chi connectivity index (χ3n) is 2.44. The molecule has 0 aromatic carbocycles. The first-order valence-corrected chi connectivity index (χ1v) is 4.59. The van der Waals surface area contributed by atoms with Gasteiger partial charge in [-0.1, -0.05) is 6.58 Å². The van der Waals surface area contributed by atoms with Crippen molar-refractivity contribution in [3.05, 3.63) is 29.1 Å². The molecular weight excluding hydrogens is 174 g/mol. The molecule has 0 radical (unpaired) electrons. The summed E-state index contributed by atoms with van der Waals surface area (Å²) in [4.78, 5) is 4.42. The van der Waals surface area contributed by atoms with Gasteiger partial charge in [0.25, 0.3) is 0 Å². The van der Waals surface area contributed by atoms with Crippen molar-refractivity contribution in [3.8, 4) is 0 Å². The maximum atomic E-state index is 5.74. The predicted octanol–water partition coefficient (Wildman–Crippen LogP) is 1.98. The van der Waals surface area contributed by atoms with Crippen LogP contribution in [0.1, 0.15) is 22.5 Å². The number of hydrogen-bond acceptors (Lipinski definition) is 3. The zero-order valence-electron chi connectivity index (χ0n) is 9.23. The van der Waals surface area contributed by atoms with Gasteiger partial charge in [0.05, 0.1) is 0 Å². The maximum Gasteiger partial charge on any atom is 0.0498 e. The summed E-state index contributed by atoms with van der Waals surface area (Å²) in [5.74, 6) is 0. The van der Waals surface area contributed by atoms with Crippen molar-refractivity contribution < 1.29 is 0 Å². The highest BCUT2D eigenvalue weighted by atomic mass is 14.9. The quantitative estimate of drug-likeness (QED) is 0.751. The van der Waals surface area contributed by atoms with E-state index in [0.717, 1.165) is 28.2 Å². The number of hydrogen-bond donors (Lipinski definition) is 2. The van der Waals surface area contributed by atoms with Crippen LogP contribution in [0.25, 0.3) is 5.70 Å². The fraction of sp³-hybridized carbons (Fsp3) is 0.364. The summed E-state index contributed by atoms with van der Waals surface area (Å²) < 4.78 is 0. The molecule has 3 N–H and O–H groups in total. The van der Waals surface area contributed by atoms with Crippen molar-refractivity contribution in [2.24, 2.45) is 5.73 Å². The molecule has 0 fully saturated rings. The van der Waals surface area contributed by atoms with Crippen LogP contribution in [0.5, 0.6) is 0 Å². The summed E-state index contributed by atoms with van der Waals surface area (Å²) in [7, 11) is 1.88. The summed E-state index contributed by atoms with van der Waals surface area (Å²) in [6.07, 6.45) is 0. The number of nitrogens with one attached hydrogen (secondary N) is 1. The topological polar surface area (TPSA) is 50.9 Å². The molecule has 1 aromatic rings. The van der Waals surface area contributed by atoms with E-state index in [9.17, 15) is 0 Å². The molecule has 14 heavy (non-hydrogen) atoms. The fourth-order valence-corrected chi connectivity index (χ4v) is 1.65. The third kappa shape index (κ3) is 1.58. The van der Waals surface area contributed by atoms with Crippen LogP contribution in [0.3, 0.4) is 0 Å². The number of pyridine rings is 1. The Morgan fingerprint density at radius 2 is 1.86 bits per heavy atom. The molecule has 1 rings (SSSR count). The maximum absolute atomic E-state index is 5.74. The molecule has 1 aromatic heterocycles. The van der Waals surface area contributed by atoms with Gasteiger partial charge in [0, 0.05) is 35.4 Å². The minimum atomic E-state index is 0.558. The van der Waals surface area contributed by atoms with Gasteiger partial charge in [0.2, 0.25) is 0 Å². The number of aryl methyl sites for hydroxylation is 2. The van der Waals surface area contributed by atoms with Crippen LogP contribution in [0.2, 0.25) is 0 Å². The number of anilines is 1. The highest BCUT2D eigenvalue weighted by molar-refractivity contribution is 5.77. The van der Waals surface area contributed by atoms with E-state index >= 15 is 0 Å². The zero-order chi connectivity index (χ0) is 10.9. The molecule has 0 saturated heterocycles. The minimum Gasteiger partial charge on any atom is -0.399 e. The summed E-state index contributed by atoms with van der Waals surface area (Å²) in [6, 6.07) is 0. The third-order valence-corrected chi connectivity index (χ3v) is 2.44. The van der Waals surface area contributed by atoms with Gasteiger partial charge in [0.15, 0.2) is 0 Å². The Morgan fingerprint density at radius 3 is 2.29 bits per heavy atom. The molecular formula is C11H17N3. The van der Waals surface area contributed by atoms with Gasteiger partial charge in [-0.15, -0.1) is 0 Å². The summed E-state index contributed by atoms with van der Waals surface area (Å²) in [5, 5.41) is 3.15. The molecule has 0 unspecified atom stereocenters. The van der Waals surface area contributed by atoms with Gasteiger partial charge in [-0.2, -0.15) is 0 Å². The molecule has 0 aliphatic heterocycles. The second-order valence-corrected chi connectivity index (χ2v) is 3.43. The van der Waals surface area contributed by atoms with E-state index in [1.165, 1.54) is 0 Å². The van der Waals surface area contributed by atoms with Crippen molar-refractivity contribution in [2.75, 3.05) is 12.4 Å². The molecule has 0 spiro atoms. The fourth-order valence-electron chi connectivity index (χ4n) is 1.65. The summed E-state index contributed by atoms with van der Waals surface area (Å²) >= 11 is 0. The van der Waals surface area contributed by atoms with E-state index in [2.05, 4.69) is 16.9 Å². The van der Waals surface area contributed by atoms with E-state index < -0.39 is 0 Å². The lowest BCUT2D eigenvalue weighted by atomic mass is 10.0. The number of aromatic nitrogens is 1. The number of nitrogens with two attached hydrogens (primary N) is 1. The Kier molecular flexibility index (Phi) is 2.79. The van der Waals surface area contributed by atoms with Gasteiger partial charge in [-0.05, 0) is 26.3 Å². The van der Waals surface area contributed by atoms with Gasteiger partial charge >= 0.3 is 0 Å². The molecule has 3 heteroatoms. The highest BCUT2D eigenvalue weighted by Gasteiger charge is 2.12. The normalized spacial score (nSPS) is 10.0. The predicted molar refractivity (Wildman–Crippen MR) is 61.2 cm³/mol. The number of nitrogens with zero attached hydrogens (tertiary/aromatic N) is 1. The average Bonchev–Trinajstić information content (AvgIpc) is 2.09. The van der Waals surface area contributed by atoms with Crippen molar-refractivity contribution in [1.29, 1.82) is 0 Å². The number of rotatable bonds is 2. The first-order valence-electron chi connectivity index (χ1n) is 4.59. The van der Waals surface area contributed by atoms with E-state index in [4.69, 9.17) is 5.73 Å². The van der Waals surface area contributed by atoms with Gasteiger partial charge in [0.1, 0.15) is 0 Å². The van der Waals surface area contributed by atoms with E-state index in [-0.39, 0.29) is 0 Å². The lowest BCUT2D eigenvalue weighted by molar-refractivity contribution is 1.07. The average molecular weight is 191 g/mol. The monoisotopic (exact) mass is 191 g/mol. The molecule has 3 nitrogen and oxygen atoms in total. The highest BCUT2D eigenvalue weighted by Crippen LogP contribution is 2.27. The summed E-state index contributed by atoms with van der Waals surface area (Å²) in [6.45, 7) is 9.73.